The van der Waals surface area contributed by atoms with Crippen LogP contribution in [0.4, 0.5) is 0 Å². The van der Waals surface area contributed by atoms with E-state index in [1.54, 1.807) is 6.08 Å². The molecule has 146 valence electrons. The summed E-state index contributed by atoms with van der Waals surface area (Å²) in [7, 11) is 0. The van der Waals surface area contributed by atoms with Crippen LogP contribution in [0.3, 0.4) is 0 Å². The predicted octanol–water partition coefficient (Wildman–Crippen LogP) is 6.31. The Balaban J connectivity index is 1.53. The number of hydrogen-bond donors (Lipinski definition) is 0. The number of cyclic esters (lactones) is 1. The molecule has 0 N–H and O–H groups in total. The smallest absolute Gasteiger partial charge is 0.363 e. The minimum Gasteiger partial charge on any atom is -0.402 e. The van der Waals surface area contributed by atoms with Crippen molar-refractivity contribution in [1.29, 1.82) is 0 Å². The molecule has 0 spiro atoms. The second-order valence-electron chi connectivity index (χ2n) is 7.41. The molecular weight excluding hydrogens is 358 g/mol. The van der Waals surface area contributed by atoms with Gasteiger partial charge in [0.2, 0.25) is 5.90 Å². The maximum absolute atomic E-state index is 12.4. The lowest BCUT2D eigenvalue weighted by Crippen LogP contribution is -2.05. The highest BCUT2D eigenvalue weighted by Gasteiger charge is 2.24. The van der Waals surface area contributed by atoms with Gasteiger partial charge in [0.15, 0.2) is 5.70 Å². The maximum Gasteiger partial charge on any atom is 0.363 e. The zero-order valence-electron chi connectivity index (χ0n) is 16.7. The number of unbranched alkanes of at least 4 members (excludes halogenated alkanes) is 3. The first-order valence-corrected chi connectivity index (χ1v) is 10.3. The van der Waals surface area contributed by atoms with Crippen LogP contribution in [0, 0.1) is 0 Å². The van der Waals surface area contributed by atoms with Gasteiger partial charge in [-0.15, -0.1) is 0 Å². The fourth-order valence-corrected chi connectivity index (χ4v) is 3.63. The average Bonchev–Trinajstić information content (AvgIpc) is 3.12. The lowest BCUT2D eigenvalue weighted by Gasteiger charge is -2.03. The Morgan fingerprint density at radius 1 is 0.897 bits per heavy atom. The second kappa shape index (κ2) is 8.87. The van der Waals surface area contributed by atoms with Crippen molar-refractivity contribution in [2.45, 2.75) is 39.0 Å². The van der Waals surface area contributed by atoms with Crippen molar-refractivity contribution >= 4 is 28.7 Å². The number of aliphatic imine (C=N–C) groups is 1. The third-order valence-electron chi connectivity index (χ3n) is 5.26. The van der Waals surface area contributed by atoms with Gasteiger partial charge in [-0.3, -0.25) is 0 Å². The fourth-order valence-electron chi connectivity index (χ4n) is 3.63. The normalized spacial score (nSPS) is 15.0. The van der Waals surface area contributed by atoms with E-state index in [4.69, 9.17) is 4.74 Å². The molecule has 0 aromatic heterocycles. The molecule has 3 aromatic rings. The molecule has 3 nitrogen and oxygen atoms in total. The summed E-state index contributed by atoms with van der Waals surface area (Å²) in [4.78, 5) is 16.8. The molecule has 29 heavy (non-hydrogen) atoms. The van der Waals surface area contributed by atoms with Crippen LogP contribution < -0.4 is 0 Å². The molecule has 1 aliphatic heterocycles. The fraction of sp³-hybridized carbons (Fsp3) is 0.231. The highest BCUT2D eigenvalue weighted by molar-refractivity contribution is 6.13. The van der Waals surface area contributed by atoms with Gasteiger partial charge in [-0.25, -0.2) is 9.79 Å². The number of aryl methyl sites for hydroxylation is 1. The SMILES string of the molecule is CCCCCCc1ccc(C2=NC(=Cc3cccc4ccccc34)C(=O)O2)cc1. The van der Waals surface area contributed by atoms with Gasteiger partial charge in [-0.1, -0.05) is 80.8 Å². The molecule has 0 fully saturated rings. The zero-order chi connectivity index (χ0) is 20.1. The molecule has 0 radical (unpaired) electrons. The van der Waals surface area contributed by atoms with E-state index in [1.165, 1.54) is 31.2 Å². The van der Waals surface area contributed by atoms with Gasteiger partial charge in [-0.05, 0) is 52.9 Å². The number of hydrogen-bond acceptors (Lipinski definition) is 3. The van der Waals surface area contributed by atoms with Crippen LogP contribution in [0.25, 0.3) is 16.8 Å². The lowest BCUT2D eigenvalue weighted by molar-refractivity contribution is -0.129. The molecule has 1 heterocycles. The number of esters is 1. The van der Waals surface area contributed by atoms with Crippen molar-refractivity contribution in [1.82, 2.24) is 0 Å². The molecule has 0 saturated carbocycles. The molecule has 0 atom stereocenters. The third kappa shape index (κ3) is 4.45. The van der Waals surface area contributed by atoms with Crippen LogP contribution in [-0.4, -0.2) is 11.9 Å². The van der Waals surface area contributed by atoms with E-state index in [9.17, 15) is 4.79 Å². The number of ether oxygens (including phenoxy) is 1. The van der Waals surface area contributed by atoms with Crippen molar-refractivity contribution in [2.75, 3.05) is 0 Å². The Bertz CT molecular complexity index is 1070. The summed E-state index contributed by atoms with van der Waals surface area (Å²) in [5.41, 5.74) is 3.43. The topological polar surface area (TPSA) is 38.7 Å². The molecule has 0 unspecified atom stereocenters. The predicted molar refractivity (Wildman–Crippen MR) is 119 cm³/mol. The summed E-state index contributed by atoms with van der Waals surface area (Å²) in [6.07, 6.45) is 7.90. The largest absolute Gasteiger partial charge is 0.402 e. The van der Waals surface area contributed by atoms with Gasteiger partial charge in [0.1, 0.15) is 0 Å². The minimum absolute atomic E-state index is 0.333. The van der Waals surface area contributed by atoms with Crippen molar-refractivity contribution in [3.8, 4) is 0 Å². The monoisotopic (exact) mass is 383 g/mol. The number of carbonyl (C=O) groups is 1. The highest BCUT2D eigenvalue weighted by atomic mass is 16.6. The van der Waals surface area contributed by atoms with E-state index >= 15 is 0 Å². The average molecular weight is 383 g/mol. The molecule has 4 rings (SSSR count). The highest BCUT2D eigenvalue weighted by Crippen LogP contribution is 2.24. The molecule has 3 aromatic carbocycles. The number of fused-ring (bicyclic) bond motifs is 1. The van der Waals surface area contributed by atoms with Crippen LogP contribution in [0.2, 0.25) is 0 Å². The third-order valence-corrected chi connectivity index (χ3v) is 5.26. The summed E-state index contributed by atoms with van der Waals surface area (Å²) < 4.78 is 5.44. The molecular formula is C26H25NO2. The van der Waals surface area contributed by atoms with Gasteiger partial charge < -0.3 is 4.74 Å². The van der Waals surface area contributed by atoms with E-state index in [0.29, 0.717) is 11.6 Å². The Kier molecular flexibility index (Phi) is 5.85. The van der Waals surface area contributed by atoms with Crippen LogP contribution >= 0.6 is 0 Å². The summed E-state index contributed by atoms with van der Waals surface area (Å²) in [5, 5.41) is 2.22. The summed E-state index contributed by atoms with van der Waals surface area (Å²) in [5.74, 6) is -0.0319. The van der Waals surface area contributed by atoms with Crippen molar-refractivity contribution in [3.63, 3.8) is 0 Å². The quantitative estimate of drug-likeness (QED) is 0.272. The molecule has 0 aliphatic carbocycles. The molecule has 1 aliphatic rings. The molecule has 0 amide bonds. The number of carbonyl (C=O) groups excluding carboxylic acids is 1. The summed E-state index contributed by atoms with van der Waals surface area (Å²) in [6.45, 7) is 2.22. The van der Waals surface area contributed by atoms with Crippen LogP contribution in [0.5, 0.6) is 0 Å². The summed E-state index contributed by atoms with van der Waals surface area (Å²) >= 11 is 0. The van der Waals surface area contributed by atoms with Gasteiger partial charge in [0, 0.05) is 5.56 Å². The number of nitrogens with zero attached hydrogens (tertiary/aromatic N) is 1. The van der Waals surface area contributed by atoms with Crippen molar-refractivity contribution < 1.29 is 9.53 Å². The van der Waals surface area contributed by atoms with E-state index in [-0.39, 0.29) is 0 Å². The van der Waals surface area contributed by atoms with E-state index in [2.05, 4.69) is 36.2 Å². The zero-order valence-corrected chi connectivity index (χ0v) is 16.7. The Labute approximate surface area is 171 Å². The van der Waals surface area contributed by atoms with Crippen LogP contribution in [0.1, 0.15) is 49.3 Å². The Hall–Kier alpha value is -3.20. The van der Waals surface area contributed by atoms with E-state index in [0.717, 1.165) is 28.3 Å². The first kappa shape index (κ1) is 19.1. The molecule has 0 saturated heterocycles. The van der Waals surface area contributed by atoms with Crippen LogP contribution in [0.15, 0.2) is 77.4 Å². The summed E-state index contributed by atoms with van der Waals surface area (Å²) in [6, 6.07) is 22.3. The van der Waals surface area contributed by atoms with Crippen molar-refractivity contribution in [2.24, 2.45) is 4.99 Å². The Morgan fingerprint density at radius 3 is 2.52 bits per heavy atom. The minimum atomic E-state index is -0.406. The standard InChI is InChI=1S/C26H25NO2/c1-2-3-4-5-9-19-14-16-21(17-15-19)25-27-24(26(28)29-25)18-22-12-8-11-20-10-6-7-13-23(20)22/h6-8,10-18H,2-5,9H2,1H3. The number of rotatable bonds is 7. The number of benzene rings is 3. The van der Waals surface area contributed by atoms with Gasteiger partial charge in [0.05, 0.1) is 0 Å². The Morgan fingerprint density at radius 2 is 1.69 bits per heavy atom. The van der Waals surface area contributed by atoms with Gasteiger partial charge in [-0.2, -0.15) is 0 Å². The maximum atomic E-state index is 12.4. The molecule has 0 bridgehead atoms. The van der Waals surface area contributed by atoms with E-state index < -0.39 is 5.97 Å². The first-order chi connectivity index (χ1) is 14.2. The lowest BCUT2D eigenvalue weighted by atomic mass is 10.0. The van der Waals surface area contributed by atoms with Gasteiger partial charge in [0.25, 0.3) is 0 Å². The first-order valence-electron chi connectivity index (χ1n) is 10.3. The van der Waals surface area contributed by atoms with Crippen LogP contribution in [-0.2, 0) is 16.0 Å². The second-order valence-corrected chi connectivity index (χ2v) is 7.41. The van der Waals surface area contributed by atoms with Gasteiger partial charge >= 0.3 is 5.97 Å². The molecule has 3 heteroatoms. The van der Waals surface area contributed by atoms with Crippen molar-refractivity contribution in [3.05, 3.63) is 89.1 Å². The van der Waals surface area contributed by atoms with E-state index in [1.807, 2.05) is 42.5 Å².